The summed E-state index contributed by atoms with van der Waals surface area (Å²) in [6.07, 6.45) is 1.56. The molecule has 2 aromatic rings. The van der Waals surface area contributed by atoms with Crippen molar-refractivity contribution in [2.45, 2.75) is 13.5 Å². The van der Waals surface area contributed by atoms with Crippen LogP contribution in [0, 0.1) is 0 Å². The molecule has 0 spiro atoms. The van der Waals surface area contributed by atoms with Crippen molar-refractivity contribution in [1.29, 1.82) is 0 Å². The third-order valence-electron chi connectivity index (χ3n) is 2.67. The van der Waals surface area contributed by atoms with Crippen LogP contribution in [-0.2, 0) is 6.54 Å². The first-order valence-corrected chi connectivity index (χ1v) is 7.26. The molecule has 19 heavy (non-hydrogen) atoms. The summed E-state index contributed by atoms with van der Waals surface area (Å²) in [5.74, 6) is 0.376. The van der Waals surface area contributed by atoms with Gasteiger partial charge >= 0.3 is 0 Å². The van der Waals surface area contributed by atoms with Gasteiger partial charge in [0.15, 0.2) is 11.4 Å². The summed E-state index contributed by atoms with van der Waals surface area (Å²) in [6, 6.07) is 5.43. The molecular formula is C13H12Br2N2O2. The maximum absolute atomic E-state index is 12.6. The lowest BCUT2D eigenvalue weighted by atomic mass is 10.1. The predicted molar refractivity (Wildman–Crippen MR) is 79.7 cm³/mol. The van der Waals surface area contributed by atoms with E-state index in [4.69, 9.17) is 4.74 Å². The van der Waals surface area contributed by atoms with Gasteiger partial charge in [0.25, 0.3) is 0 Å². The lowest BCUT2D eigenvalue weighted by Crippen LogP contribution is -2.11. The van der Waals surface area contributed by atoms with E-state index in [2.05, 4.69) is 37.0 Å². The molecule has 100 valence electrons. The summed E-state index contributed by atoms with van der Waals surface area (Å²) in [7, 11) is 1.53. The third-order valence-corrected chi connectivity index (χ3v) is 3.58. The zero-order chi connectivity index (χ0) is 14.0. The largest absolute Gasteiger partial charge is 0.493 e. The quantitative estimate of drug-likeness (QED) is 0.752. The van der Waals surface area contributed by atoms with Crippen LogP contribution in [0.5, 0.6) is 5.75 Å². The second-order valence-corrected chi connectivity index (χ2v) is 5.70. The lowest BCUT2D eigenvalue weighted by Gasteiger charge is -2.07. The standard InChI is InChI=1S/C13H12Br2N2O2/c1-3-17-12(11(19-2)7-16-17)13(18)8-4-9(14)6-10(15)5-8/h4-7H,3H2,1-2H3. The van der Waals surface area contributed by atoms with Crippen molar-refractivity contribution in [2.24, 2.45) is 0 Å². The van der Waals surface area contributed by atoms with E-state index < -0.39 is 0 Å². The van der Waals surface area contributed by atoms with E-state index in [1.807, 2.05) is 13.0 Å². The minimum atomic E-state index is -0.113. The Kier molecular flexibility index (Phi) is 4.42. The molecule has 0 saturated carbocycles. The van der Waals surface area contributed by atoms with Crippen LogP contribution in [0.3, 0.4) is 0 Å². The summed E-state index contributed by atoms with van der Waals surface area (Å²) >= 11 is 6.76. The number of carbonyl (C=O) groups is 1. The molecule has 0 aliphatic carbocycles. The van der Waals surface area contributed by atoms with Gasteiger partial charge in [-0.15, -0.1) is 0 Å². The van der Waals surface area contributed by atoms with E-state index in [1.54, 1.807) is 23.0 Å². The molecule has 0 unspecified atom stereocenters. The van der Waals surface area contributed by atoms with Gasteiger partial charge in [-0.2, -0.15) is 5.10 Å². The Labute approximate surface area is 128 Å². The molecule has 0 aliphatic rings. The summed E-state index contributed by atoms with van der Waals surface area (Å²) in [5, 5.41) is 4.14. The highest BCUT2D eigenvalue weighted by Gasteiger charge is 2.20. The highest BCUT2D eigenvalue weighted by Crippen LogP contribution is 2.25. The monoisotopic (exact) mass is 386 g/mol. The number of carbonyl (C=O) groups excluding carboxylic acids is 1. The van der Waals surface area contributed by atoms with Crippen LogP contribution >= 0.6 is 31.9 Å². The van der Waals surface area contributed by atoms with Crippen LogP contribution in [0.1, 0.15) is 23.0 Å². The Hall–Kier alpha value is -1.14. The van der Waals surface area contributed by atoms with Gasteiger partial charge in [-0.25, -0.2) is 0 Å². The second-order valence-electron chi connectivity index (χ2n) is 3.86. The molecule has 0 N–H and O–H groups in total. The molecule has 2 rings (SSSR count). The molecule has 1 aromatic heterocycles. The Morgan fingerprint density at radius 1 is 1.32 bits per heavy atom. The van der Waals surface area contributed by atoms with Crippen molar-refractivity contribution < 1.29 is 9.53 Å². The van der Waals surface area contributed by atoms with E-state index in [0.29, 0.717) is 23.6 Å². The minimum Gasteiger partial charge on any atom is -0.493 e. The number of methoxy groups -OCH3 is 1. The highest BCUT2D eigenvalue weighted by atomic mass is 79.9. The number of benzene rings is 1. The predicted octanol–water partition coefficient (Wildman–Crippen LogP) is 3.67. The fourth-order valence-corrected chi connectivity index (χ4v) is 3.10. The lowest BCUT2D eigenvalue weighted by molar-refractivity contribution is 0.102. The first kappa shape index (κ1) is 14.3. The molecule has 0 fully saturated rings. The fourth-order valence-electron chi connectivity index (χ4n) is 1.81. The summed E-state index contributed by atoms with van der Waals surface area (Å²) in [6.45, 7) is 2.54. The molecule has 0 bridgehead atoms. The highest BCUT2D eigenvalue weighted by molar-refractivity contribution is 9.11. The van der Waals surface area contributed by atoms with E-state index in [9.17, 15) is 4.79 Å². The van der Waals surface area contributed by atoms with Gasteiger partial charge in [0.2, 0.25) is 5.78 Å². The number of halogens is 2. The van der Waals surface area contributed by atoms with Gasteiger partial charge in [-0.05, 0) is 25.1 Å². The first-order valence-electron chi connectivity index (χ1n) is 5.67. The minimum absolute atomic E-state index is 0.113. The second kappa shape index (κ2) is 5.88. The number of ether oxygens (including phenoxy) is 1. The van der Waals surface area contributed by atoms with Crippen LogP contribution < -0.4 is 4.74 Å². The Morgan fingerprint density at radius 2 is 1.95 bits per heavy atom. The number of aryl methyl sites for hydroxylation is 1. The van der Waals surface area contributed by atoms with Gasteiger partial charge in [-0.1, -0.05) is 31.9 Å². The third kappa shape index (κ3) is 2.90. The van der Waals surface area contributed by atoms with Gasteiger partial charge in [0.05, 0.1) is 13.3 Å². The summed E-state index contributed by atoms with van der Waals surface area (Å²) < 4.78 is 8.52. The topological polar surface area (TPSA) is 44.1 Å². The number of ketones is 1. The van der Waals surface area contributed by atoms with Gasteiger partial charge in [-0.3, -0.25) is 9.48 Å². The van der Waals surface area contributed by atoms with Gasteiger partial charge in [0, 0.05) is 21.1 Å². The van der Waals surface area contributed by atoms with E-state index >= 15 is 0 Å². The van der Waals surface area contributed by atoms with E-state index in [0.717, 1.165) is 8.95 Å². The van der Waals surface area contributed by atoms with Crippen LogP contribution in [0.15, 0.2) is 33.3 Å². The SMILES string of the molecule is CCn1ncc(OC)c1C(=O)c1cc(Br)cc(Br)c1. The van der Waals surface area contributed by atoms with E-state index in [1.165, 1.54) is 7.11 Å². The normalized spacial score (nSPS) is 10.5. The number of nitrogens with zero attached hydrogens (tertiary/aromatic N) is 2. The molecule has 4 nitrogen and oxygen atoms in total. The Morgan fingerprint density at radius 3 is 2.47 bits per heavy atom. The van der Waals surface area contributed by atoms with Crippen molar-refractivity contribution in [1.82, 2.24) is 9.78 Å². The molecule has 1 heterocycles. The van der Waals surface area contributed by atoms with Crippen molar-refractivity contribution in [3.8, 4) is 5.75 Å². The maximum atomic E-state index is 12.6. The fraction of sp³-hybridized carbons (Fsp3) is 0.231. The van der Waals surface area contributed by atoms with Gasteiger partial charge < -0.3 is 4.74 Å². The molecule has 0 radical (unpaired) electrons. The summed E-state index contributed by atoms with van der Waals surface area (Å²) in [4.78, 5) is 12.6. The van der Waals surface area contributed by atoms with Crippen molar-refractivity contribution in [2.75, 3.05) is 7.11 Å². The molecule has 1 aromatic carbocycles. The van der Waals surface area contributed by atoms with Crippen molar-refractivity contribution in [3.63, 3.8) is 0 Å². The zero-order valence-corrected chi connectivity index (χ0v) is 13.7. The van der Waals surface area contributed by atoms with Crippen LogP contribution in [0.2, 0.25) is 0 Å². The number of hydrogen-bond donors (Lipinski definition) is 0. The number of aromatic nitrogens is 2. The van der Waals surface area contributed by atoms with Crippen LogP contribution in [-0.4, -0.2) is 22.7 Å². The van der Waals surface area contributed by atoms with Gasteiger partial charge in [0.1, 0.15) is 0 Å². The zero-order valence-electron chi connectivity index (χ0n) is 10.5. The number of rotatable bonds is 4. The van der Waals surface area contributed by atoms with Crippen molar-refractivity contribution in [3.05, 3.63) is 44.6 Å². The van der Waals surface area contributed by atoms with Crippen molar-refractivity contribution >= 4 is 37.6 Å². The Balaban J connectivity index is 2.52. The average molecular weight is 388 g/mol. The van der Waals surface area contributed by atoms with Crippen LogP contribution in [0.25, 0.3) is 0 Å². The Bertz CT molecular complexity index is 581. The first-order chi connectivity index (χ1) is 9.06. The van der Waals surface area contributed by atoms with Crippen LogP contribution in [0.4, 0.5) is 0 Å². The number of hydrogen-bond acceptors (Lipinski definition) is 3. The molecule has 0 atom stereocenters. The molecule has 0 amide bonds. The molecular weight excluding hydrogens is 376 g/mol. The molecule has 0 saturated heterocycles. The molecule has 6 heteroatoms. The molecule has 0 aliphatic heterocycles. The maximum Gasteiger partial charge on any atom is 0.214 e. The smallest absolute Gasteiger partial charge is 0.214 e. The van der Waals surface area contributed by atoms with E-state index in [-0.39, 0.29) is 5.78 Å². The average Bonchev–Trinajstić information content (AvgIpc) is 2.79. The summed E-state index contributed by atoms with van der Waals surface area (Å²) in [5.41, 5.74) is 1.05.